The number of aliphatic hydroxyl groups is 5. The van der Waals surface area contributed by atoms with Gasteiger partial charge in [0.05, 0.1) is 59.5 Å². The molecule has 612 valence electrons. The highest BCUT2D eigenvalue weighted by Crippen LogP contribution is 2.41. The van der Waals surface area contributed by atoms with Crippen LogP contribution in [0.5, 0.6) is 0 Å². The van der Waals surface area contributed by atoms with Gasteiger partial charge in [-0.25, -0.2) is 14.4 Å². The molecular formula is C81H91N7O27. The van der Waals surface area contributed by atoms with Gasteiger partial charge >= 0.3 is 18.0 Å². The lowest BCUT2D eigenvalue weighted by Gasteiger charge is -2.51. The van der Waals surface area contributed by atoms with Gasteiger partial charge in [0, 0.05) is 16.9 Å². The van der Waals surface area contributed by atoms with Crippen molar-refractivity contribution >= 4 is 18.0 Å². The van der Waals surface area contributed by atoms with E-state index in [1.165, 1.54) is 7.11 Å². The number of aliphatic carboxylic acids is 2. The van der Waals surface area contributed by atoms with Gasteiger partial charge in [-0.05, 0) is 50.0 Å². The lowest BCUT2D eigenvalue weighted by molar-refractivity contribution is -0.381. The molecule has 0 aliphatic carbocycles. The molecule has 12 rings (SSSR count). The summed E-state index contributed by atoms with van der Waals surface area (Å²) in [5.74, 6) is -3.49. The summed E-state index contributed by atoms with van der Waals surface area (Å²) in [6.07, 6.45) is -40.4. The Morgan fingerprint density at radius 1 is 0.365 bits per heavy atom. The molecule has 7 aromatic carbocycles. The van der Waals surface area contributed by atoms with Gasteiger partial charge < -0.3 is 122 Å². The number of ether oxygens (including phenoxy) is 17. The van der Waals surface area contributed by atoms with Crippen molar-refractivity contribution in [2.75, 3.05) is 26.9 Å². The fourth-order valence-electron chi connectivity index (χ4n) is 14.2. The predicted molar refractivity (Wildman–Crippen MR) is 398 cm³/mol. The van der Waals surface area contributed by atoms with Crippen LogP contribution in [0.2, 0.25) is 0 Å². The third-order valence-corrected chi connectivity index (χ3v) is 19.9. The zero-order valence-corrected chi connectivity index (χ0v) is 62.2. The maximum Gasteiger partial charge on any atom is 0.407 e. The van der Waals surface area contributed by atoms with Crippen molar-refractivity contribution in [3.8, 4) is 0 Å². The van der Waals surface area contributed by atoms with Gasteiger partial charge in [0.2, 0.25) is 0 Å². The summed E-state index contributed by atoms with van der Waals surface area (Å²) in [5, 5.41) is 92.7. The van der Waals surface area contributed by atoms with Crippen LogP contribution < -0.4 is 5.32 Å². The van der Waals surface area contributed by atoms with Crippen LogP contribution in [0.4, 0.5) is 4.79 Å². The number of carbonyl (C=O) groups is 3. The molecule has 7 aromatic rings. The molecule has 5 aliphatic heterocycles. The summed E-state index contributed by atoms with van der Waals surface area (Å²) in [4.78, 5) is 48.4. The Hall–Kier alpha value is -9.47. The van der Waals surface area contributed by atoms with Gasteiger partial charge in [-0.15, -0.1) is 0 Å². The van der Waals surface area contributed by atoms with E-state index < -0.39 is 191 Å². The van der Waals surface area contributed by atoms with E-state index in [2.05, 4.69) is 25.4 Å². The number of nitrogens with zero attached hydrogens (tertiary/aromatic N) is 6. The quantitative estimate of drug-likeness (QED) is 0.0112. The fourth-order valence-corrected chi connectivity index (χ4v) is 14.2. The summed E-state index contributed by atoms with van der Waals surface area (Å²) in [6, 6.07) is 56.6. The number of hydrogen-bond donors (Lipinski definition) is 8. The molecule has 5 saturated heterocycles. The van der Waals surface area contributed by atoms with Crippen molar-refractivity contribution in [2.45, 2.75) is 200 Å². The van der Waals surface area contributed by atoms with Crippen molar-refractivity contribution < 1.29 is 131 Å². The minimum absolute atomic E-state index is 0.0261. The Bertz CT molecular complexity index is 4220. The standard InChI is InChI=1S/C81H91N7O27/c1-99-76-57(84-81(98)106-46-53-35-21-8-22-36-53)65(101-41-48-25-11-3-12-26-48)63(56(39-91)108-76)110-79-61(93)67(103-43-50-29-15-5-16-30-50)69(71(114-79)74(94)95)112-77-58(85-87-82)64(60(92)54(37-89)107-77)111-80-73(105-45-52-33-19-7-20-34-52)68(104-44-51-31-17-6-18-32-51)70(72(115-80)75(96)97)113-78-59(86-88-83)66(102-42-49-27-13-4-14-28-49)62(55(38-90)109-78)100-40-47-23-9-2-10-24-47/h2-36,54-73,76-80,89-93H,37-46H2,1H3,(H,84,98)(H,94,95)(H,96,97)/t54-,55-,56-,57-,58-,59-,60-,61-,62-,63-,64-,65-,66-,67-,68+,69+,70+,71-,72+,73-,76+,77-,78-,79-,80-/m1/s1. The minimum atomic E-state index is -2.29. The number of carboxylic acids is 2. The normalized spacial score (nSPS) is 31.3. The third kappa shape index (κ3) is 22.0. The predicted octanol–water partition coefficient (Wildman–Crippen LogP) is 6.83. The third-order valence-electron chi connectivity index (χ3n) is 19.9. The number of carboxylic acid groups (broad SMARTS) is 2. The molecule has 115 heavy (non-hydrogen) atoms. The van der Waals surface area contributed by atoms with Crippen molar-refractivity contribution in [2.24, 2.45) is 10.2 Å². The summed E-state index contributed by atoms with van der Waals surface area (Å²) >= 11 is 0. The largest absolute Gasteiger partial charge is 0.479 e. The van der Waals surface area contributed by atoms with E-state index >= 15 is 0 Å². The summed E-state index contributed by atoms with van der Waals surface area (Å²) in [7, 11) is 1.28. The average Bonchev–Trinajstić information content (AvgIpc) is 0.762. The molecule has 8 N–H and O–H groups in total. The second-order valence-electron chi connectivity index (χ2n) is 27.5. The van der Waals surface area contributed by atoms with E-state index in [0.29, 0.717) is 33.4 Å². The van der Waals surface area contributed by atoms with Crippen LogP contribution in [0.15, 0.2) is 223 Å². The van der Waals surface area contributed by atoms with E-state index in [0.717, 1.165) is 5.56 Å². The zero-order chi connectivity index (χ0) is 80.6. The number of rotatable bonds is 37. The maximum absolute atomic E-state index is 14.3. The topological polar surface area (TPSA) is 459 Å². The number of aliphatic hydroxyl groups excluding tert-OH is 5. The van der Waals surface area contributed by atoms with Crippen molar-refractivity contribution in [3.63, 3.8) is 0 Å². The molecule has 5 aliphatic rings. The SMILES string of the molecule is CO[C@H]1O[C@H](CO)[C@@H](O[C@@H]2O[C@@H](C(=O)O)[C@@H](O[C@H]3O[C@H](CO)[C@@H](O)[C@H](O[C@@H]4O[C@H](C(=O)O)[C@@H](O[C@H]5O[C@H](CO)[C@@H](OCc6ccccc6)[C@H](OCc6ccccc6)[C@H]5N=[N+]=[N-])[C@H](OCc5ccccc5)[C@H]4OCc4ccccc4)[C@H]3N=[N+]=[N-])[C@H](OCc3ccccc3)[C@H]2O)[C@H](OCc2ccccc2)[C@H]1NC(=O)OCc1ccccc1. The number of methoxy groups -OCH3 is 1. The molecule has 0 radical (unpaired) electrons. The molecule has 5 fully saturated rings. The van der Waals surface area contributed by atoms with Crippen LogP contribution in [0.1, 0.15) is 38.9 Å². The first-order valence-corrected chi connectivity index (χ1v) is 37.2. The maximum atomic E-state index is 14.3. The van der Waals surface area contributed by atoms with Gasteiger partial charge in [0.15, 0.2) is 43.7 Å². The van der Waals surface area contributed by atoms with Crippen molar-refractivity contribution in [1.82, 2.24) is 5.32 Å². The van der Waals surface area contributed by atoms with Crippen LogP contribution in [0, 0.1) is 0 Å². The van der Waals surface area contributed by atoms with Crippen LogP contribution in [-0.4, -0.2) is 234 Å². The van der Waals surface area contributed by atoms with Crippen LogP contribution in [-0.2, 0) is 136 Å². The van der Waals surface area contributed by atoms with Gasteiger partial charge in [0.25, 0.3) is 0 Å². The zero-order valence-electron chi connectivity index (χ0n) is 62.2. The molecule has 5 heterocycles. The molecule has 0 unspecified atom stereocenters. The molecule has 0 saturated carbocycles. The van der Waals surface area contributed by atoms with Gasteiger partial charge in [0.1, 0.15) is 116 Å². The van der Waals surface area contributed by atoms with Gasteiger partial charge in [-0.3, -0.25) is 0 Å². The van der Waals surface area contributed by atoms with Crippen LogP contribution in [0.3, 0.4) is 0 Å². The summed E-state index contributed by atoms with van der Waals surface area (Å²) in [6.45, 7) is -3.98. The number of alkyl carbamates (subject to hydrolysis) is 1. The van der Waals surface area contributed by atoms with E-state index in [9.17, 15) is 61.2 Å². The molecule has 1 amide bonds. The number of hydrogen-bond acceptors (Lipinski definition) is 27. The van der Waals surface area contributed by atoms with Crippen molar-refractivity contribution in [1.29, 1.82) is 0 Å². The summed E-state index contributed by atoms with van der Waals surface area (Å²) in [5.41, 5.74) is 25.3. The Kier molecular flexibility index (Phi) is 31.3. The van der Waals surface area contributed by atoms with E-state index in [1.54, 1.807) is 176 Å². The van der Waals surface area contributed by atoms with Gasteiger partial charge in [-0.1, -0.05) is 223 Å². The second kappa shape index (κ2) is 42.4. The fraction of sp³-hybridized carbons (Fsp3) is 0.444. The molecule has 0 aromatic heterocycles. The second-order valence-corrected chi connectivity index (χ2v) is 27.5. The Labute approximate surface area is 660 Å². The highest BCUT2D eigenvalue weighted by molar-refractivity contribution is 5.74. The lowest BCUT2D eigenvalue weighted by atomic mass is 9.93. The summed E-state index contributed by atoms with van der Waals surface area (Å²) < 4.78 is 110. The monoisotopic (exact) mass is 1590 g/mol. The van der Waals surface area contributed by atoms with E-state index in [-0.39, 0.29) is 46.2 Å². The van der Waals surface area contributed by atoms with E-state index in [4.69, 9.17) is 80.5 Å². The molecule has 34 heteroatoms. The minimum Gasteiger partial charge on any atom is -0.479 e. The lowest BCUT2D eigenvalue weighted by Crippen LogP contribution is -2.69. The first-order valence-electron chi connectivity index (χ1n) is 37.2. The molecule has 0 bridgehead atoms. The Morgan fingerprint density at radius 3 is 1.11 bits per heavy atom. The number of azide groups is 2. The van der Waals surface area contributed by atoms with E-state index in [1.807, 2.05) is 36.4 Å². The molecular weight excluding hydrogens is 1500 g/mol. The smallest absolute Gasteiger partial charge is 0.407 e. The molecule has 0 spiro atoms. The van der Waals surface area contributed by atoms with Crippen molar-refractivity contribution in [3.05, 3.63) is 272 Å². The number of benzene rings is 7. The van der Waals surface area contributed by atoms with Gasteiger partial charge in [-0.2, -0.15) is 0 Å². The van der Waals surface area contributed by atoms with Crippen LogP contribution in [0.25, 0.3) is 20.9 Å². The first-order chi connectivity index (χ1) is 56.2. The first kappa shape index (κ1) is 84.9. The van der Waals surface area contributed by atoms with Crippen LogP contribution >= 0.6 is 0 Å². The number of nitrogens with one attached hydrogen (secondary N) is 1. The number of carbonyl (C=O) groups excluding carboxylic acids is 1. The molecule has 34 nitrogen and oxygen atoms in total. The highest BCUT2D eigenvalue weighted by Gasteiger charge is 2.61. The number of amides is 1. The Morgan fingerprint density at radius 2 is 0.696 bits per heavy atom. The average molecular weight is 1590 g/mol. The molecule has 25 atom stereocenters. The highest BCUT2D eigenvalue weighted by atomic mass is 16.8. The Balaban J connectivity index is 0.881.